The second kappa shape index (κ2) is 8.50. The number of hydrogen-bond acceptors (Lipinski definition) is 2. The Labute approximate surface area is 124 Å². The number of nitrogens with one attached hydrogen (secondary N) is 2. The summed E-state index contributed by atoms with van der Waals surface area (Å²) in [6.45, 7) is 2.09. The molecule has 2 fully saturated rings. The molecule has 0 unspecified atom stereocenters. The summed E-state index contributed by atoms with van der Waals surface area (Å²) in [7, 11) is 4.13. The predicted octanol–water partition coefficient (Wildman–Crippen LogP) is 2.36. The van der Waals surface area contributed by atoms with Gasteiger partial charge in [-0.25, -0.2) is 0 Å². The van der Waals surface area contributed by atoms with Gasteiger partial charge in [-0.1, -0.05) is 32.1 Å². The van der Waals surface area contributed by atoms with Crippen LogP contribution in [0.2, 0.25) is 0 Å². The molecule has 0 atom stereocenters. The van der Waals surface area contributed by atoms with Crippen LogP contribution in [0.5, 0.6) is 0 Å². The lowest BCUT2D eigenvalue weighted by Gasteiger charge is -2.27. The maximum absolute atomic E-state index is 4.35. The fourth-order valence-electron chi connectivity index (χ4n) is 3.51. The van der Waals surface area contributed by atoms with Gasteiger partial charge >= 0.3 is 0 Å². The number of likely N-dealkylation sites (N-methyl/N-ethyl adjacent to an activating group) is 1. The summed E-state index contributed by atoms with van der Waals surface area (Å²) in [4.78, 5) is 6.86. The van der Waals surface area contributed by atoms with Crippen LogP contribution >= 0.6 is 0 Å². The molecule has 0 aromatic rings. The van der Waals surface area contributed by atoms with E-state index in [4.69, 9.17) is 0 Å². The van der Waals surface area contributed by atoms with E-state index < -0.39 is 0 Å². The standard InChI is InChI=1S/C16H32N4/c1-17-16(19-14-8-4-3-5-9-14)18-12-13-20(2)15-10-6-7-11-15/h14-15H,3-13H2,1-2H3,(H2,17,18,19). The summed E-state index contributed by atoms with van der Waals surface area (Å²) in [6, 6.07) is 1.44. The van der Waals surface area contributed by atoms with Crippen molar-refractivity contribution in [3.63, 3.8) is 0 Å². The van der Waals surface area contributed by atoms with Gasteiger partial charge in [0.2, 0.25) is 0 Å². The Bertz CT molecular complexity index is 291. The lowest BCUT2D eigenvalue weighted by molar-refractivity contribution is 0.249. The Kier molecular flexibility index (Phi) is 6.64. The summed E-state index contributed by atoms with van der Waals surface area (Å²) in [5, 5.41) is 7.04. The molecule has 0 aromatic heterocycles. The molecule has 0 bridgehead atoms. The molecule has 0 saturated heterocycles. The molecule has 2 saturated carbocycles. The quantitative estimate of drug-likeness (QED) is 0.600. The van der Waals surface area contributed by atoms with Crippen molar-refractivity contribution in [3.8, 4) is 0 Å². The SMILES string of the molecule is CN=C(NCCN(C)C1CCCC1)NC1CCCCC1. The molecule has 0 heterocycles. The van der Waals surface area contributed by atoms with Gasteiger partial charge in [-0.2, -0.15) is 0 Å². The first-order chi connectivity index (χ1) is 9.79. The highest BCUT2D eigenvalue weighted by Gasteiger charge is 2.19. The summed E-state index contributed by atoms with van der Waals surface area (Å²) in [6.07, 6.45) is 12.3. The van der Waals surface area contributed by atoms with E-state index in [2.05, 4.69) is 27.6 Å². The minimum absolute atomic E-state index is 0.627. The topological polar surface area (TPSA) is 39.7 Å². The maximum Gasteiger partial charge on any atom is 0.191 e. The number of aliphatic imine (C=N–C) groups is 1. The summed E-state index contributed by atoms with van der Waals surface area (Å²) in [5.41, 5.74) is 0. The van der Waals surface area contributed by atoms with Crippen LogP contribution in [0.4, 0.5) is 0 Å². The van der Waals surface area contributed by atoms with E-state index in [1.165, 1.54) is 57.8 Å². The van der Waals surface area contributed by atoms with Crippen LogP contribution in [-0.4, -0.2) is 50.1 Å². The highest BCUT2D eigenvalue weighted by atomic mass is 15.2. The Morgan fingerprint density at radius 1 is 1.05 bits per heavy atom. The zero-order chi connectivity index (χ0) is 14.2. The van der Waals surface area contributed by atoms with E-state index in [0.29, 0.717) is 6.04 Å². The van der Waals surface area contributed by atoms with Crippen LogP contribution in [0.15, 0.2) is 4.99 Å². The van der Waals surface area contributed by atoms with Crippen molar-refractivity contribution < 1.29 is 0 Å². The lowest BCUT2D eigenvalue weighted by Crippen LogP contribution is -2.46. The summed E-state index contributed by atoms with van der Waals surface area (Å²) < 4.78 is 0. The smallest absolute Gasteiger partial charge is 0.191 e. The molecule has 0 aromatic carbocycles. The highest BCUT2D eigenvalue weighted by molar-refractivity contribution is 5.79. The van der Waals surface area contributed by atoms with Gasteiger partial charge < -0.3 is 15.5 Å². The molecular formula is C16H32N4. The molecule has 2 aliphatic carbocycles. The molecular weight excluding hydrogens is 248 g/mol. The molecule has 2 rings (SSSR count). The monoisotopic (exact) mass is 280 g/mol. The third-order valence-corrected chi connectivity index (χ3v) is 4.87. The first-order valence-corrected chi connectivity index (χ1v) is 8.47. The molecule has 0 aliphatic heterocycles. The van der Waals surface area contributed by atoms with E-state index in [0.717, 1.165) is 25.1 Å². The van der Waals surface area contributed by atoms with Crippen molar-refractivity contribution in [2.75, 3.05) is 27.2 Å². The fourth-order valence-corrected chi connectivity index (χ4v) is 3.51. The largest absolute Gasteiger partial charge is 0.355 e. The van der Waals surface area contributed by atoms with Gasteiger partial charge in [0.05, 0.1) is 0 Å². The average molecular weight is 280 g/mol. The highest BCUT2D eigenvalue weighted by Crippen LogP contribution is 2.21. The maximum atomic E-state index is 4.35. The van der Waals surface area contributed by atoms with Gasteiger partial charge in [0.15, 0.2) is 5.96 Å². The zero-order valence-electron chi connectivity index (χ0n) is 13.3. The minimum atomic E-state index is 0.627. The van der Waals surface area contributed by atoms with Crippen LogP contribution in [0.3, 0.4) is 0 Å². The number of rotatable bonds is 5. The van der Waals surface area contributed by atoms with Crippen LogP contribution < -0.4 is 10.6 Å². The van der Waals surface area contributed by atoms with Gasteiger partial charge in [-0.15, -0.1) is 0 Å². The van der Waals surface area contributed by atoms with Gasteiger partial charge in [0, 0.05) is 32.2 Å². The van der Waals surface area contributed by atoms with Crippen molar-refractivity contribution >= 4 is 5.96 Å². The molecule has 0 radical (unpaired) electrons. The molecule has 0 spiro atoms. The van der Waals surface area contributed by atoms with Crippen molar-refractivity contribution in [2.45, 2.75) is 69.9 Å². The van der Waals surface area contributed by atoms with Crippen LogP contribution in [-0.2, 0) is 0 Å². The van der Waals surface area contributed by atoms with E-state index in [1.807, 2.05) is 7.05 Å². The number of guanidine groups is 1. The van der Waals surface area contributed by atoms with Crippen molar-refractivity contribution in [1.82, 2.24) is 15.5 Å². The van der Waals surface area contributed by atoms with Gasteiger partial charge in [0.25, 0.3) is 0 Å². The second-order valence-corrected chi connectivity index (χ2v) is 6.40. The first-order valence-electron chi connectivity index (χ1n) is 8.47. The van der Waals surface area contributed by atoms with Crippen LogP contribution in [0.25, 0.3) is 0 Å². The zero-order valence-corrected chi connectivity index (χ0v) is 13.3. The minimum Gasteiger partial charge on any atom is -0.355 e. The molecule has 4 heteroatoms. The Balaban J connectivity index is 1.63. The van der Waals surface area contributed by atoms with Crippen molar-refractivity contribution in [1.29, 1.82) is 0 Å². The molecule has 4 nitrogen and oxygen atoms in total. The van der Waals surface area contributed by atoms with Crippen LogP contribution in [0.1, 0.15) is 57.8 Å². The van der Waals surface area contributed by atoms with Gasteiger partial charge in [-0.3, -0.25) is 4.99 Å². The summed E-state index contributed by atoms with van der Waals surface area (Å²) >= 11 is 0. The second-order valence-electron chi connectivity index (χ2n) is 6.40. The fraction of sp³-hybridized carbons (Fsp3) is 0.938. The van der Waals surface area contributed by atoms with E-state index >= 15 is 0 Å². The normalized spacial score (nSPS) is 22.4. The summed E-state index contributed by atoms with van der Waals surface area (Å²) in [5.74, 6) is 0.983. The van der Waals surface area contributed by atoms with Crippen LogP contribution in [0, 0.1) is 0 Å². The van der Waals surface area contributed by atoms with E-state index in [-0.39, 0.29) is 0 Å². The Morgan fingerprint density at radius 2 is 1.70 bits per heavy atom. The average Bonchev–Trinajstić information content (AvgIpc) is 3.01. The van der Waals surface area contributed by atoms with E-state index in [1.54, 1.807) is 0 Å². The van der Waals surface area contributed by atoms with Gasteiger partial charge in [0.1, 0.15) is 0 Å². The number of hydrogen-bond donors (Lipinski definition) is 2. The van der Waals surface area contributed by atoms with E-state index in [9.17, 15) is 0 Å². The first kappa shape index (κ1) is 15.6. The lowest BCUT2D eigenvalue weighted by atomic mass is 9.96. The Morgan fingerprint density at radius 3 is 2.35 bits per heavy atom. The van der Waals surface area contributed by atoms with Gasteiger partial charge in [-0.05, 0) is 32.7 Å². The molecule has 20 heavy (non-hydrogen) atoms. The van der Waals surface area contributed by atoms with Crippen molar-refractivity contribution in [2.24, 2.45) is 4.99 Å². The number of nitrogens with zero attached hydrogens (tertiary/aromatic N) is 2. The third-order valence-electron chi connectivity index (χ3n) is 4.87. The molecule has 0 amide bonds. The third kappa shape index (κ3) is 4.97. The molecule has 2 aliphatic rings. The van der Waals surface area contributed by atoms with Crippen molar-refractivity contribution in [3.05, 3.63) is 0 Å². The molecule has 116 valence electrons. The molecule has 2 N–H and O–H groups in total. The predicted molar refractivity (Wildman–Crippen MR) is 86.3 cm³/mol. The Hall–Kier alpha value is -0.770.